The topological polar surface area (TPSA) is 18.5 Å². The highest BCUT2D eigenvalue weighted by Crippen LogP contribution is 2.33. The second-order valence-electron chi connectivity index (χ2n) is 3.91. The SMILES string of the molecule is CCc1cc(C(C)C)c(OC)cc1OC. The van der Waals surface area contributed by atoms with Crippen LogP contribution in [-0.2, 0) is 6.42 Å². The molecule has 0 heterocycles. The molecule has 1 rings (SSSR count). The zero-order chi connectivity index (χ0) is 11.4. The first-order chi connectivity index (χ1) is 7.13. The smallest absolute Gasteiger partial charge is 0.126 e. The Kier molecular flexibility index (Phi) is 4.01. The summed E-state index contributed by atoms with van der Waals surface area (Å²) in [5.74, 6) is 2.30. The van der Waals surface area contributed by atoms with Crippen molar-refractivity contribution < 1.29 is 9.47 Å². The summed E-state index contributed by atoms with van der Waals surface area (Å²) in [6.45, 7) is 6.47. The fourth-order valence-corrected chi connectivity index (χ4v) is 1.72. The zero-order valence-electron chi connectivity index (χ0n) is 10.3. The van der Waals surface area contributed by atoms with Crippen LogP contribution in [0.3, 0.4) is 0 Å². The van der Waals surface area contributed by atoms with Gasteiger partial charge in [-0.2, -0.15) is 0 Å². The Labute approximate surface area is 92.2 Å². The molecule has 0 amide bonds. The van der Waals surface area contributed by atoms with Gasteiger partial charge in [0.2, 0.25) is 0 Å². The van der Waals surface area contributed by atoms with Crippen molar-refractivity contribution >= 4 is 0 Å². The molecule has 0 aliphatic heterocycles. The quantitative estimate of drug-likeness (QED) is 0.755. The standard InChI is InChI=1S/C13H20O2/c1-6-10-7-11(9(2)3)13(15-5)8-12(10)14-4/h7-9H,6H2,1-5H3. The normalized spacial score (nSPS) is 10.5. The lowest BCUT2D eigenvalue weighted by atomic mass is 9.98. The van der Waals surface area contributed by atoms with Crippen LogP contribution in [0.5, 0.6) is 11.5 Å². The summed E-state index contributed by atoms with van der Waals surface area (Å²) in [6, 6.07) is 4.16. The highest BCUT2D eigenvalue weighted by Gasteiger charge is 2.12. The predicted molar refractivity (Wildman–Crippen MR) is 63.0 cm³/mol. The van der Waals surface area contributed by atoms with E-state index in [9.17, 15) is 0 Å². The number of benzene rings is 1. The van der Waals surface area contributed by atoms with E-state index >= 15 is 0 Å². The Morgan fingerprint density at radius 2 is 1.67 bits per heavy atom. The van der Waals surface area contributed by atoms with Gasteiger partial charge in [-0.3, -0.25) is 0 Å². The fourth-order valence-electron chi connectivity index (χ4n) is 1.72. The molecule has 1 aromatic rings. The van der Waals surface area contributed by atoms with Gasteiger partial charge >= 0.3 is 0 Å². The van der Waals surface area contributed by atoms with Crippen LogP contribution in [0.2, 0.25) is 0 Å². The van der Waals surface area contributed by atoms with Gasteiger partial charge in [-0.15, -0.1) is 0 Å². The highest BCUT2D eigenvalue weighted by atomic mass is 16.5. The van der Waals surface area contributed by atoms with Crippen LogP contribution < -0.4 is 9.47 Å². The number of hydrogen-bond donors (Lipinski definition) is 0. The molecule has 0 aliphatic carbocycles. The first kappa shape index (κ1) is 11.9. The summed E-state index contributed by atoms with van der Waals surface area (Å²) >= 11 is 0. The number of aryl methyl sites for hydroxylation is 1. The molecule has 0 atom stereocenters. The van der Waals surface area contributed by atoms with Crippen molar-refractivity contribution in [2.24, 2.45) is 0 Å². The molecule has 2 nitrogen and oxygen atoms in total. The summed E-state index contributed by atoms with van der Waals surface area (Å²) in [6.07, 6.45) is 0.979. The van der Waals surface area contributed by atoms with E-state index in [1.807, 2.05) is 6.07 Å². The molecule has 0 bridgehead atoms. The van der Waals surface area contributed by atoms with Crippen LogP contribution in [0.4, 0.5) is 0 Å². The molecule has 84 valence electrons. The average molecular weight is 208 g/mol. The monoisotopic (exact) mass is 208 g/mol. The lowest BCUT2D eigenvalue weighted by Crippen LogP contribution is -1.99. The average Bonchev–Trinajstić information content (AvgIpc) is 2.26. The van der Waals surface area contributed by atoms with E-state index in [1.165, 1.54) is 11.1 Å². The van der Waals surface area contributed by atoms with Gasteiger partial charge in [0.05, 0.1) is 14.2 Å². The molecule has 0 aromatic heterocycles. The maximum Gasteiger partial charge on any atom is 0.126 e. The second-order valence-corrected chi connectivity index (χ2v) is 3.91. The van der Waals surface area contributed by atoms with Gasteiger partial charge in [-0.25, -0.2) is 0 Å². The van der Waals surface area contributed by atoms with Crippen molar-refractivity contribution in [3.63, 3.8) is 0 Å². The number of ether oxygens (including phenoxy) is 2. The van der Waals surface area contributed by atoms with Crippen molar-refractivity contribution in [1.29, 1.82) is 0 Å². The summed E-state index contributed by atoms with van der Waals surface area (Å²) in [5.41, 5.74) is 2.48. The second kappa shape index (κ2) is 5.06. The van der Waals surface area contributed by atoms with Crippen LogP contribution in [0.1, 0.15) is 37.8 Å². The van der Waals surface area contributed by atoms with Gasteiger partial charge < -0.3 is 9.47 Å². The molecule has 1 aromatic carbocycles. The van der Waals surface area contributed by atoms with Crippen molar-refractivity contribution in [3.05, 3.63) is 23.3 Å². The van der Waals surface area contributed by atoms with Crippen LogP contribution in [-0.4, -0.2) is 14.2 Å². The summed E-state index contributed by atoms with van der Waals surface area (Å²) < 4.78 is 10.7. The molecule has 0 spiro atoms. The molecule has 0 unspecified atom stereocenters. The van der Waals surface area contributed by atoms with Crippen LogP contribution in [0, 0.1) is 0 Å². The van der Waals surface area contributed by atoms with Crippen molar-refractivity contribution in [2.45, 2.75) is 33.1 Å². The maximum absolute atomic E-state index is 5.37. The number of hydrogen-bond acceptors (Lipinski definition) is 2. The van der Waals surface area contributed by atoms with Crippen LogP contribution >= 0.6 is 0 Å². The molecule has 0 N–H and O–H groups in total. The van der Waals surface area contributed by atoms with E-state index in [4.69, 9.17) is 9.47 Å². The first-order valence-corrected chi connectivity index (χ1v) is 5.38. The number of methoxy groups -OCH3 is 2. The molecule has 0 fully saturated rings. The van der Waals surface area contributed by atoms with Gasteiger partial charge in [0, 0.05) is 6.07 Å². The molecule has 0 radical (unpaired) electrons. The molecule has 0 saturated carbocycles. The lowest BCUT2D eigenvalue weighted by molar-refractivity contribution is 0.387. The Bertz CT molecular complexity index is 330. The first-order valence-electron chi connectivity index (χ1n) is 5.38. The van der Waals surface area contributed by atoms with Crippen molar-refractivity contribution in [1.82, 2.24) is 0 Å². The molecule has 15 heavy (non-hydrogen) atoms. The van der Waals surface area contributed by atoms with E-state index in [0.717, 1.165) is 17.9 Å². The van der Waals surface area contributed by atoms with Crippen LogP contribution in [0.15, 0.2) is 12.1 Å². The zero-order valence-corrected chi connectivity index (χ0v) is 10.3. The van der Waals surface area contributed by atoms with E-state index in [1.54, 1.807) is 14.2 Å². The Morgan fingerprint density at radius 1 is 1.07 bits per heavy atom. The summed E-state index contributed by atoms with van der Waals surface area (Å²) in [5, 5.41) is 0. The third kappa shape index (κ3) is 2.44. The van der Waals surface area contributed by atoms with E-state index in [0.29, 0.717) is 5.92 Å². The Hall–Kier alpha value is -1.18. The molecular weight excluding hydrogens is 188 g/mol. The highest BCUT2D eigenvalue weighted by molar-refractivity contribution is 5.47. The van der Waals surface area contributed by atoms with Crippen LogP contribution in [0.25, 0.3) is 0 Å². The third-order valence-electron chi connectivity index (χ3n) is 2.64. The lowest BCUT2D eigenvalue weighted by Gasteiger charge is -2.16. The van der Waals surface area contributed by atoms with Gasteiger partial charge in [0.25, 0.3) is 0 Å². The third-order valence-corrected chi connectivity index (χ3v) is 2.64. The molecule has 2 heteroatoms. The number of rotatable bonds is 4. The minimum atomic E-state index is 0.469. The van der Waals surface area contributed by atoms with Gasteiger partial charge in [-0.05, 0) is 29.5 Å². The fraction of sp³-hybridized carbons (Fsp3) is 0.538. The Balaban J connectivity index is 3.27. The summed E-state index contributed by atoms with van der Waals surface area (Å²) in [7, 11) is 3.40. The van der Waals surface area contributed by atoms with Crippen molar-refractivity contribution in [3.8, 4) is 11.5 Å². The molecule has 0 saturated heterocycles. The van der Waals surface area contributed by atoms with Gasteiger partial charge in [0.15, 0.2) is 0 Å². The van der Waals surface area contributed by atoms with E-state index < -0.39 is 0 Å². The van der Waals surface area contributed by atoms with Gasteiger partial charge in [0.1, 0.15) is 11.5 Å². The Morgan fingerprint density at radius 3 is 2.07 bits per heavy atom. The minimum Gasteiger partial charge on any atom is -0.496 e. The van der Waals surface area contributed by atoms with E-state index in [-0.39, 0.29) is 0 Å². The summed E-state index contributed by atoms with van der Waals surface area (Å²) in [4.78, 5) is 0. The predicted octanol–water partition coefficient (Wildman–Crippen LogP) is 3.39. The molecular formula is C13H20O2. The van der Waals surface area contributed by atoms with Gasteiger partial charge in [-0.1, -0.05) is 20.8 Å². The van der Waals surface area contributed by atoms with Crippen molar-refractivity contribution in [2.75, 3.05) is 14.2 Å². The minimum absolute atomic E-state index is 0.469. The maximum atomic E-state index is 5.37. The largest absolute Gasteiger partial charge is 0.496 e. The molecule has 0 aliphatic rings. The van der Waals surface area contributed by atoms with E-state index in [2.05, 4.69) is 26.8 Å².